The molecule has 0 atom stereocenters. The number of rotatable bonds is 5. The van der Waals surface area contributed by atoms with E-state index >= 15 is 0 Å². The van der Waals surface area contributed by atoms with Gasteiger partial charge in [-0.25, -0.2) is 4.79 Å². The predicted octanol–water partition coefficient (Wildman–Crippen LogP) is 4.29. The van der Waals surface area contributed by atoms with Gasteiger partial charge in [0.15, 0.2) is 11.5 Å². The molecule has 130 valence electrons. The molecule has 0 spiro atoms. The number of benzene rings is 2. The Morgan fingerprint density at radius 2 is 1.88 bits per heavy atom. The fourth-order valence-corrected chi connectivity index (χ4v) is 3.23. The lowest BCUT2D eigenvalue weighted by Crippen LogP contribution is -2.05. The first kappa shape index (κ1) is 17.1. The molecule has 0 radical (unpaired) electrons. The van der Waals surface area contributed by atoms with Crippen molar-refractivity contribution in [2.75, 3.05) is 6.61 Å². The number of phenolic OH excluding ortho intramolecular Hbond substituents is 1. The molecule has 25 heavy (non-hydrogen) atoms. The molecule has 1 aliphatic rings. The van der Waals surface area contributed by atoms with Crippen LogP contribution >= 0.6 is 0 Å². The van der Waals surface area contributed by atoms with Gasteiger partial charge < -0.3 is 14.9 Å². The monoisotopic (exact) mass is 338 g/mol. The molecule has 3 rings (SSSR count). The minimum Gasteiger partial charge on any atom is -0.504 e. The van der Waals surface area contributed by atoms with Gasteiger partial charge in [0.1, 0.15) is 0 Å². The quantitative estimate of drug-likeness (QED) is 0.630. The van der Waals surface area contributed by atoms with Gasteiger partial charge in [-0.3, -0.25) is 0 Å². The van der Waals surface area contributed by atoms with Gasteiger partial charge in [0, 0.05) is 0 Å². The van der Waals surface area contributed by atoms with Crippen molar-refractivity contribution < 1.29 is 19.7 Å². The lowest BCUT2D eigenvalue weighted by atomic mass is 9.89. The molecule has 2 N–H and O–H groups in total. The fourth-order valence-electron chi connectivity index (χ4n) is 3.23. The maximum absolute atomic E-state index is 11.8. The van der Waals surface area contributed by atoms with Crippen molar-refractivity contribution in [3.8, 4) is 11.5 Å². The number of aromatic hydroxyl groups is 1. The number of phenols is 1. The Labute approximate surface area is 147 Å². The van der Waals surface area contributed by atoms with Crippen molar-refractivity contribution in [2.45, 2.75) is 32.6 Å². The van der Waals surface area contributed by atoms with Crippen LogP contribution in [0.4, 0.5) is 0 Å². The van der Waals surface area contributed by atoms with Crippen LogP contribution in [0.1, 0.15) is 42.0 Å². The summed E-state index contributed by atoms with van der Waals surface area (Å²) in [6.07, 6.45) is 6.04. The standard InChI is InChI=1S/C21H22O4/c1-2-25-20-12-14(7-10-19(20)22)11-18(21(23)24)17-9-8-15-5-3-4-6-16(15)13-17/h7-13,22H,2-6H2,1H3,(H,23,24)/b18-11-. The van der Waals surface area contributed by atoms with E-state index in [0.717, 1.165) is 19.3 Å². The van der Waals surface area contributed by atoms with Crippen molar-refractivity contribution in [3.63, 3.8) is 0 Å². The Morgan fingerprint density at radius 3 is 2.60 bits per heavy atom. The Bertz CT molecular complexity index is 821. The second-order valence-electron chi connectivity index (χ2n) is 6.21. The van der Waals surface area contributed by atoms with E-state index in [1.165, 1.54) is 23.6 Å². The third-order valence-electron chi connectivity index (χ3n) is 4.48. The first-order valence-electron chi connectivity index (χ1n) is 8.61. The lowest BCUT2D eigenvalue weighted by molar-refractivity contribution is -0.130. The summed E-state index contributed by atoms with van der Waals surface area (Å²) in [5.41, 5.74) is 4.19. The van der Waals surface area contributed by atoms with Gasteiger partial charge in [-0.05, 0) is 73.1 Å². The van der Waals surface area contributed by atoms with Crippen LogP contribution in [0, 0.1) is 0 Å². The number of carboxylic acids is 1. The molecule has 0 unspecified atom stereocenters. The van der Waals surface area contributed by atoms with Crippen LogP contribution in [0.15, 0.2) is 36.4 Å². The van der Waals surface area contributed by atoms with Gasteiger partial charge in [0.25, 0.3) is 0 Å². The zero-order valence-electron chi connectivity index (χ0n) is 14.3. The van der Waals surface area contributed by atoms with Crippen LogP contribution < -0.4 is 4.74 Å². The highest BCUT2D eigenvalue weighted by molar-refractivity contribution is 6.20. The van der Waals surface area contributed by atoms with Gasteiger partial charge in [0.2, 0.25) is 0 Å². The van der Waals surface area contributed by atoms with E-state index in [4.69, 9.17) is 4.74 Å². The average molecular weight is 338 g/mol. The molecule has 1 aliphatic carbocycles. The van der Waals surface area contributed by atoms with Gasteiger partial charge in [-0.15, -0.1) is 0 Å². The van der Waals surface area contributed by atoms with Gasteiger partial charge in [-0.1, -0.05) is 24.3 Å². The molecular weight excluding hydrogens is 316 g/mol. The van der Waals surface area contributed by atoms with E-state index in [2.05, 4.69) is 0 Å². The molecule has 0 fully saturated rings. The van der Waals surface area contributed by atoms with Crippen LogP contribution in [0.3, 0.4) is 0 Å². The number of carbonyl (C=O) groups is 1. The second kappa shape index (κ2) is 7.43. The molecule has 2 aromatic rings. The highest BCUT2D eigenvalue weighted by Gasteiger charge is 2.15. The topological polar surface area (TPSA) is 66.8 Å². The predicted molar refractivity (Wildman–Crippen MR) is 97.9 cm³/mol. The minimum atomic E-state index is -0.971. The van der Waals surface area contributed by atoms with Crippen molar-refractivity contribution >= 4 is 17.6 Å². The van der Waals surface area contributed by atoms with Crippen molar-refractivity contribution in [3.05, 3.63) is 58.7 Å². The SMILES string of the molecule is CCOc1cc(/C=C(\C(=O)O)c2ccc3c(c2)CCCC3)ccc1O. The molecule has 0 saturated carbocycles. The third kappa shape index (κ3) is 3.85. The Hall–Kier alpha value is -2.75. The molecule has 4 nitrogen and oxygen atoms in total. The van der Waals surface area contributed by atoms with Gasteiger partial charge in [-0.2, -0.15) is 0 Å². The maximum atomic E-state index is 11.8. The Morgan fingerprint density at radius 1 is 1.12 bits per heavy atom. The summed E-state index contributed by atoms with van der Waals surface area (Å²) in [7, 11) is 0. The first-order chi connectivity index (χ1) is 12.1. The fraction of sp³-hybridized carbons (Fsp3) is 0.286. The van der Waals surface area contributed by atoms with Gasteiger partial charge >= 0.3 is 5.97 Å². The normalized spacial score (nSPS) is 14.0. The number of aryl methyl sites for hydroxylation is 2. The molecule has 2 aromatic carbocycles. The molecular formula is C21H22O4. The summed E-state index contributed by atoms with van der Waals surface area (Å²) in [5, 5.41) is 19.5. The first-order valence-corrected chi connectivity index (χ1v) is 8.61. The highest BCUT2D eigenvalue weighted by atomic mass is 16.5. The molecule has 4 heteroatoms. The maximum Gasteiger partial charge on any atom is 0.336 e. The smallest absolute Gasteiger partial charge is 0.336 e. The van der Waals surface area contributed by atoms with Crippen molar-refractivity contribution in [2.24, 2.45) is 0 Å². The summed E-state index contributed by atoms with van der Waals surface area (Å²) in [5.74, 6) is -0.571. The average Bonchev–Trinajstić information content (AvgIpc) is 2.62. The summed E-state index contributed by atoms with van der Waals surface area (Å²) >= 11 is 0. The molecule has 0 heterocycles. The van der Waals surface area contributed by atoms with Crippen LogP contribution in [0.2, 0.25) is 0 Å². The van der Waals surface area contributed by atoms with Crippen LogP contribution in [0.25, 0.3) is 11.6 Å². The second-order valence-corrected chi connectivity index (χ2v) is 6.21. The van der Waals surface area contributed by atoms with E-state index in [1.54, 1.807) is 18.2 Å². The van der Waals surface area contributed by atoms with E-state index in [1.807, 2.05) is 25.1 Å². The number of hydrogen-bond donors (Lipinski definition) is 2. The highest BCUT2D eigenvalue weighted by Crippen LogP contribution is 2.30. The largest absolute Gasteiger partial charge is 0.504 e. The van der Waals surface area contributed by atoms with E-state index in [0.29, 0.717) is 23.5 Å². The number of carboxylic acid groups (broad SMARTS) is 1. The Kier molecular flexibility index (Phi) is 5.08. The molecule has 0 aromatic heterocycles. The van der Waals surface area contributed by atoms with E-state index in [9.17, 15) is 15.0 Å². The number of ether oxygens (including phenoxy) is 1. The number of fused-ring (bicyclic) bond motifs is 1. The van der Waals surface area contributed by atoms with E-state index in [-0.39, 0.29) is 11.3 Å². The van der Waals surface area contributed by atoms with Crippen LogP contribution in [-0.2, 0) is 17.6 Å². The van der Waals surface area contributed by atoms with Crippen LogP contribution in [-0.4, -0.2) is 22.8 Å². The van der Waals surface area contributed by atoms with Crippen molar-refractivity contribution in [1.82, 2.24) is 0 Å². The molecule has 0 saturated heterocycles. The summed E-state index contributed by atoms with van der Waals surface area (Å²) < 4.78 is 5.37. The number of hydrogen-bond acceptors (Lipinski definition) is 3. The third-order valence-corrected chi connectivity index (χ3v) is 4.48. The van der Waals surface area contributed by atoms with Crippen LogP contribution in [0.5, 0.6) is 11.5 Å². The Balaban J connectivity index is 2.00. The van der Waals surface area contributed by atoms with Crippen molar-refractivity contribution in [1.29, 1.82) is 0 Å². The number of aliphatic carboxylic acids is 1. The summed E-state index contributed by atoms with van der Waals surface area (Å²) in [6, 6.07) is 10.8. The zero-order chi connectivity index (χ0) is 17.8. The lowest BCUT2D eigenvalue weighted by Gasteiger charge is -2.17. The molecule has 0 amide bonds. The molecule has 0 bridgehead atoms. The van der Waals surface area contributed by atoms with E-state index < -0.39 is 5.97 Å². The van der Waals surface area contributed by atoms with Gasteiger partial charge in [0.05, 0.1) is 12.2 Å². The minimum absolute atomic E-state index is 0.0460. The summed E-state index contributed by atoms with van der Waals surface area (Å²) in [4.78, 5) is 11.8. The summed E-state index contributed by atoms with van der Waals surface area (Å²) in [6.45, 7) is 2.26. The zero-order valence-corrected chi connectivity index (χ0v) is 14.3. The molecule has 0 aliphatic heterocycles.